The van der Waals surface area contributed by atoms with Gasteiger partial charge in [0.05, 0.1) is 19.0 Å². The average Bonchev–Trinajstić information content (AvgIpc) is 3.01. The lowest BCUT2D eigenvalue weighted by atomic mass is 10.1. The van der Waals surface area contributed by atoms with E-state index in [-0.39, 0.29) is 12.4 Å². The van der Waals surface area contributed by atoms with Crippen molar-refractivity contribution in [3.05, 3.63) is 22.4 Å². The van der Waals surface area contributed by atoms with Gasteiger partial charge < -0.3 is 15.4 Å². The van der Waals surface area contributed by atoms with Crippen LogP contribution in [0.2, 0.25) is 0 Å². The predicted octanol–water partition coefficient (Wildman–Crippen LogP) is 1.47. The van der Waals surface area contributed by atoms with Gasteiger partial charge in [0, 0.05) is 31.8 Å². The lowest BCUT2D eigenvalue weighted by Gasteiger charge is -2.13. The first-order valence-corrected chi connectivity index (χ1v) is 10.7. The molecule has 132 valence electrons. The molecule has 0 radical (unpaired) electrons. The SMILES string of the molecule is CCNC(=NCC(C)c1ccsc1)NCCOCCS(C)(=O)=O. The molecule has 0 saturated heterocycles. The van der Waals surface area contributed by atoms with E-state index in [9.17, 15) is 8.42 Å². The standard InChI is InChI=1S/C15H27N3O3S2/c1-4-16-15(17-6-7-21-8-10-23(3,19)20)18-11-13(2)14-5-9-22-12-14/h5,9,12-13H,4,6-8,10-11H2,1-3H3,(H2,16,17,18). The summed E-state index contributed by atoms with van der Waals surface area (Å²) >= 11 is 1.70. The van der Waals surface area contributed by atoms with E-state index >= 15 is 0 Å². The van der Waals surface area contributed by atoms with E-state index in [0.717, 1.165) is 12.5 Å². The maximum Gasteiger partial charge on any atom is 0.191 e. The molecule has 23 heavy (non-hydrogen) atoms. The van der Waals surface area contributed by atoms with Crippen LogP contribution in [0.4, 0.5) is 0 Å². The van der Waals surface area contributed by atoms with Crippen molar-refractivity contribution in [2.75, 3.05) is 44.9 Å². The molecule has 1 aromatic rings. The lowest BCUT2D eigenvalue weighted by Crippen LogP contribution is -2.39. The Hall–Kier alpha value is -1.12. The van der Waals surface area contributed by atoms with Gasteiger partial charge in [-0.2, -0.15) is 11.3 Å². The number of ether oxygens (including phenoxy) is 1. The zero-order chi connectivity index (χ0) is 17.1. The first-order chi connectivity index (χ1) is 10.9. The molecule has 1 rings (SSSR count). The molecule has 0 aromatic carbocycles. The molecule has 8 heteroatoms. The molecule has 0 aliphatic rings. The minimum absolute atomic E-state index is 0.0549. The number of rotatable bonds is 10. The summed E-state index contributed by atoms with van der Waals surface area (Å²) in [6.07, 6.45) is 1.21. The van der Waals surface area contributed by atoms with Crippen molar-refractivity contribution < 1.29 is 13.2 Å². The van der Waals surface area contributed by atoms with Gasteiger partial charge in [0.1, 0.15) is 9.84 Å². The zero-order valence-corrected chi connectivity index (χ0v) is 15.7. The van der Waals surface area contributed by atoms with Gasteiger partial charge in [0.2, 0.25) is 0 Å². The Bertz CT molecular complexity index is 557. The highest BCUT2D eigenvalue weighted by Crippen LogP contribution is 2.18. The summed E-state index contributed by atoms with van der Waals surface area (Å²) in [7, 11) is -2.96. The Morgan fingerprint density at radius 1 is 1.39 bits per heavy atom. The molecule has 2 N–H and O–H groups in total. The molecule has 0 aliphatic carbocycles. The summed E-state index contributed by atoms with van der Waals surface area (Å²) in [6, 6.07) is 2.13. The van der Waals surface area contributed by atoms with E-state index in [1.807, 2.05) is 6.92 Å². The van der Waals surface area contributed by atoms with Crippen LogP contribution in [0.25, 0.3) is 0 Å². The van der Waals surface area contributed by atoms with Crippen molar-refractivity contribution in [2.45, 2.75) is 19.8 Å². The molecule has 0 bridgehead atoms. The number of hydrogen-bond donors (Lipinski definition) is 2. The molecule has 0 saturated carbocycles. The maximum atomic E-state index is 11.0. The lowest BCUT2D eigenvalue weighted by molar-refractivity contribution is 0.154. The van der Waals surface area contributed by atoms with Crippen LogP contribution in [0.5, 0.6) is 0 Å². The molecular formula is C15H27N3O3S2. The molecule has 6 nitrogen and oxygen atoms in total. The van der Waals surface area contributed by atoms with E-state index in [2.05, 4.69) is 39.4 Å². The number of nitrogens with zero attached hydrogens (tertiary/aromatic N) is 1. The van der Waals surface area contributed by atoms with Crippen molar-refractivity contribution in [3.63, 3.8) is 0 Å². The smallest absolute Gasteiger partial charge is 0.191 e. The number of aliphatic imine (C=N–C) groups is 1. The normalized spacial score (nSPS) is 13.8. The van der Waals surface area contributed by atoms with Crippen LogP contribution in [0, 0.1) is 0 Å². The second-order valence-corrected chi connectivity index (χ2v) is 8.39. The van der Waals surface area contributed by atoms with Crippen LogP contribution in [-0.2, 0) is 14.6 Å². The monoisotopic (exact) mass is 361 g/mol. The Labute approximate surface area is 143 Å². The second kappa shape index (κ2) is 10.6. The summed E-state index contributed by atoms with van der Waals surface area (Å²) in [5.74, 6) is 1.18. The fourth-order valence-electron chi connectivity index (χ4n) is 1.78. The summed E-state index contributed by atoms with van der Waals surface area (Å²) < 4.78 is 27.3. The van der Waals surface area contributed by atoms with Gasteiger partial charge in [-0.25, -0.2) is 8.42 Å². The Morgan fingerprint density at radius 3 is 2.78 bits per heavy atom. The minimum Gasteiger partial charge on any atom is -0.379 e. The minimum atomic E-state index is -2.96. The summed E-state index contributed by atoms with van der Waals surface area (Å²) in [6.45, 7) is 6.92. The largest absolute Gasteiger partial charge is 0.379 e. The quantitative estimate of drug-likeness (QED) is 0.375. The fraction of sp³-hybridized carbons (Fsp3) is 0.667. The third-order valence-corrected chi connectivity index (χ3v) is 4.73. The Balaban J connectivity index is 2.29. The molecule has 0 spiro atoms. The highest BCUT2D eigenvalue weighted by atomic mass is 32.2. The van der Waals surface area contributed by atoms with Crippen LogP contribution in [0.3, 0.4) is 0 Å². The molecule has 0 amide bonds. The first kappa shape index (κ1) is 19.9. The van der Waals surface area contributed by atoms with E-state index in [0.29, 0.717) is 25.6 Å². The predicted molar refractivity (Wildman–Crippen MR) is 97.2 cm³/mol. The molecule has 1 aromatic heterocycles. The second-order valence-electron chi connectivity index (χ2n) is 5.35. The zero-order valence-electron chi connectivity index (χ0n) is 14.0. The first-order valence-electron chi connectivity index (χ1n) is 7.72. The van der Waals surface area contributed by atoms with Gasteiger partial charge in [-0.1, -0.05) is 6.92 Å². The van der Waals surface area contributed by atoms with Crippen molar-refractivity contribution >= 4 is 27.1 Å². The van der Waals surface area contributed by atoms with Crippen LogP contribution in [-0.4, -0.2) is 59.2 Å². The van der Waals surface area contributed by atoms with E-state index in [1.165, 1.54) is 11.8 Å². The molecule has 1 heterocycles. The summed E-state index contributed by atoms with van der Waals surface area (Å²) in [5.41, 5.74) is 1.30. The molecule has 0 fully saturated rings. The third kappa shape index (κ3) is 9.58. The third-order valence-electron chi connectivity index (χ3n) is 3.12. The highest BCUT2D eigenvalue weighted by Gasteiger charge is 2.06. The number of sulfone groups is 1. The van der Waals surface area contributed by atoms with E-state index < -0.39 is 9.84 Å². The van der Waals surface area contributed by atoms with Crippen molar-refractivity contribution in [1.29, 1.82) is 0 Å². The van der Waals surface area contributed by atoms with Gasteiger partial charge in [-0.05, 0) is 29.3 Å². The topological polar surface area (TPSA) is 79.8 Å². The van der Waals surface area contributed by atoms with Gasteiger partial charge in [0.25, 0.3) is 0 Å². The Kier molecular flexibility index (Phi) is 9.20. The van der Waals surface area contributed by atoms with Gasteiger partial charge in [-0.15, -0.1) is 0 Å². The van der Waals surface area contributed by atoms with E-state index in [4.69, 9.17) is 4.74 Å². The molecule has 0 aliphatic heterocycles. The number of guanidine groups is 1. The van der Waals surface area contributed by atoms with Crippen LogP contribution in [0.15, 0.2) is 21.8 Å². The van der Waals surface area contributed by atoms with Crippen LogP contribution >= 0.6 is 11.3 Å². The molecule has 1 atom stereocenters. The highest BCUT2D eigenvalue weighted by molar-refractivity contribution is 7.90. The van der Waals surface area contributed by atoms with Gasteiger partial charge >= 0.3 is 0 Å². The summed E-state index contributed by atoms with van der Waals surface area (Å²) in [5, 5.41) is 10.6. The Morgan fingerprint density at radius 2 is 2.17 bits per heavy atom. The molecule has 1 unspecified atom stereocenters. The number of hydrogen-bond acceptors (Lipinski definition) is 5. The fourth-order valence-corrected chi connectivity index (χ4v) is 2.99. The maximum absolute atomic E-state index is 11.0. The average molecular weight is 362 g/mol. The van der Waals surface area contributed by atoms with Crippen LogP contribution < -0.4 is 10.6 Å². The van der Waals surface area contributed by atoms with Gasteiger partial charge in [0.15, 0.2) is 5.96 Å². The number of nitrogens with one attached hydrogen (secondary N) is 2. The van der Waals surface area contributed by atoms with Gasteiger partial charge in [-0.3, -0.25) is 4.99 Å². The molecular weight excluding hydrogens is 334 g/mol. The van der Waals surface area contributed by atoms with E-state index in [1.54, 1.807) is 11.3 Å². The van der Waals surface area contributed by atoms with Crippen molar-refractivity contribution in [3.8, 4) is 0 Å². The summed E-state index contributed by atoms with van der Waals surface area (Å²) in [4.78, 5) is 4.57. The van der Waals surface area contributed by atoms with Crippen LogP contribution in [0.1, 0.15) is 25.3 Å². The number of thiophene rings is 1. The van der Waals surface area contributed by atoms with Crippen molar-refractivity contribution in [1.82, 2.24) is 10.6 Å². The van der Waals surface area contributed by atoms with Crippen molar-refractivity contribution in [2.24, 2.45) is 4.99 Å².